The summed E-state index contributed by atoms with van der Waals surface area (Å²) in [5, 5.41) is 12.0. The lowest BCUT2D eigenvalue weighted by atomic mass is 10.1. The standard InChI is InChI=1S/C18H20FN5/c19-17-7-5-14(6-8-17)15-11-16(18-20-21-22-24(18)13-15)12-23-9-3-1-2-4-10-23/h5-8,11,13H,1-4,9-10,12H2. The lowest BCUT2D eigenvalue weighted by Crippen LogP contribution is -2.24. The highest BCUT2D eigenvalue weighted by atomic mass is 19.1. The molecular weight excluding hydrogens is 305 g/mol. The molecule has 2 aromatic heterocycles. The van der Waals surface area contributed by atoms with Gasteiger partial charge in [-0.2, -0.15) is 4.52 Å². The molecule has 0 amide bonds. The van der Waals surface area contributed by atoms with Crippen LogP contribution in [0.1, 0.15) is 31.2 Å². The van der Waals surface area contributed by atoms with E-state index in [1.54, 1.807) is 16.6 Å². The molecule has 0 spiro atoms. The number of aromatic nitrogens is 4. The summed E-state index contributed by atoms with van der Waals surface area (Å²) in [5.41, 5.74) is 3.87. The summed E-state index contributed by atoms with van der Waals surface area (Å²) in [6.07, 6.45) is 7.02. The first kappa shape index (κ1) is 15.2. The first-order valence-corrected chi connectivity index (χ1v) is 8.48. The fourth-order valence-corrected chi connectivity index (χ4v) is 3.36. The Kier molecular flexibility index (Phi) is 4.21. The van der Waals surface area contributed by atoms with Gasteiger partial charge < -0.3 is 0 Å². The molecule has 1 aliphatic heterocycles. The fourth-order valence-electron chi connectivity index (χ4n) is 3.36. The maximum absolute atomic E-state index is 13.2. The molecule has 0 radical (unpaired) electrons. The third kappa shape index (κ3) is 3.14. The van der Waals surface area contributed by atoms with Crippen molar-refractivity contribution in [3.8, 4) is 11.1 Å². The molecule has 6 heteroatoms. The first-order valence-electron chi connectivity index (χ1n) is 8.48. The monoisotopic (exact) mass is 325 g/mol. The second kappa shape index (κ2) is 6.65. The molecule has 0 aliphatic carbocycles. The van der Waals surface area contributed by atoms with Crippen molar-refractivity contribution in [1.82, 2.24) is 24.9 Å². The van der Waals surface area contributed by atoms with Crippen LogP contribution >= 0.6 is 0 Å². The van der Waals surface area contributed by atoms with Gasteiger partial charge in [-0.3, -0.25) is 4.90 Å². The summed E-state index contributed by atoms with van der Waals surface area (Å²) in [4.78, 5) is 2.48. The topological polar surface area (TPSA) is 46.3 Å². The van der Waals surface area contributed by atoms with E-state index in [9.17, 15) is 4.39 Å². The summed E-state index contributed by atoms with van der Waals surface area (Å²) in [7, 11) is 0. The van der Waals surface area contributed by atoms with Gasteiger partial charge in [-0.15, -0.1) is 5.10 Å². The Morgan fingerprint density at radius 1 is 0.958 bits per heavy atom. The van der Waals surface area contributed by atoms with Gasteiger partial charge in [0.15, 0.2) is 5.65 Å². The van der Waals surface area contributed by atoms with Crippen LogP contribution in [0.3, 0.4) is 0 Å². The zero-order valence-corrected chi connectivity index (χ0v) is 13.5. The minimum absolute atomic E-state index is 0.230. The molecule has 0 saturated carbocycles. The molecule has 4 rings (SSSR count). The molecule has 3 aromatic rings. The van der Waals surface area contributed by atoms with Crippen molar-refractivity contribution < 1.29 is 4.39 Å². The van der Waals surface area contributed by atoms with Gasteiger partial charge in [0.1, 0.15) is 5.82 Å². The number of halogens is 1. The van der Waals surface area contributed by atoms with Crippen molar-refractivity contribution in [3.63, 3.8) is 0 Å². The number of likely N-dealkylation sites (tertiary alicyclic amines) is 1. The molecule has 5 nitrogen and oxygen atoms in total. The van der Waals surface area contributed by atoms with Crippen LogP contribution < -0.4 is 0 Å². The summed E-state index contributed by atoms with van der Waals surface area (Å²) in [6, 6.07) is 8.66. The van der Waals surface area contributed by atoms with E-state index >= 15 is 0 Å². The van der Waals surface area contributed by atoms with Crippen molar-refractivity contribution in [3.05, 3.63) is 47.9 Å². The van der Waals surface area contributed by atoms with E-state index < -0.39 is 0 Å². The van der Waals surface area contributed by atoms with Gasteiger partial charge >= 0.3 is 0 Å². The summed E-state index contributed by atoms with van der Waals surface area (Å²) in [6.45, 7) is 3.09. The van der Waals surface area contributed by atoms with Crippen LogP contribution in [0.4, 0.5) is 4.39 Å². The predicted octanol–water partition coefficient (Wildman–Crippen LogP) is 3.31. The second-order valence-corrected chi connectivity index (χ2v) is 6.40. The molecule has 124 valence electrons. The smallest absolute Gasteiger partial charge is 0.183 e. The van der Waals surface area contributed by atoms with Crippen LogP contribution in [0.15, 0.2) is 36.5 Å². The van der Waals surface area contributed by atoms with Gasteiger partial charge in [0.25, 0.3) is 0 Å². The average Bonchev–Trinajstić information content (AvgIpc) is 2.93. The maximum atomic E-state index is 13.2. The Labute approximate surface area is 140 Å². The van der Waals surface area contributed by atoms with Crippen LogP contribution in [0.25, 0.3) is 16.8 Å². The van der Waals surface area contributed by atoms with Gasteiger partial charge in [0.2, 0.25) is 0 Å². The summed E-state index contributed by atoms with van der Waals surface area (Å²) < 4.78 is 14.9. The molecule has 0 N–H and O–H groups in total. The number of benzene rings is 1. The molecule has 1 aliphatic rings. The van der Waals surface area contributed by atoms with Crippen molar-refractivity contribution >= 4 is 5.65 Å². The molecule has 0 atom stereocenters. The normalized spacial score (nSPS) is 16.4. The van der Waals surface area contributed by atoms with Gasteiger partial charge in [0.05, 0.1) is 0 Å². The zero-order valence-electron chi connectivity index (χ0n) is 13.5. The molecule has 3 heterocycles. The number of fused-ring (bicyclic) bond motifs is 1. The number of nitrogens with zero attached hydrogens (tertiary/aromatic N) is 5. The predicted molar refractivity (Wildman–Crippen MR) is 89.9 cm³/mol. The van der Waals surface area contributed by atoms with E-state index in [1.807, 2.05) is 6.20 Å². The Morgan fingerprint density at radius 2 is 1.71 bits per heavy atom. The SMILES string of the molecule is Fc1ccc(-c2cc(CN3CCCCCC3)c3nnnn3c2)cc1. The molecule has 0 bridgehead atoms. The summed E-state index contributed by atoms with van der Waals surface area (Å²) in [5.74, 6) is -0.230. The molecule has 1 aromatic carbocycles. The quantitative estimate of drug-likeness (QED) is 0.741. The molecule has 0 unspecified atom stereocenters. The molecule has 24 heavy (non-hydrogen) atoms. The van der Waals surface area contributed by atoms with E-state index in [-0.39, 0.29) is 5.82 Å². The Hall–Kier alpha value is -2.34. The summed E-state index contributed by atoms with van der Waals surface area (Å²) >= 11 is 0. The van der Waals surface area contributed by atoms with Crippen LogP contribution in [-0.4, -0.2) is 38.0 Å². The Balaban J connectivity index is 1.70. The largest absolute Gasteiger partial charge is 0.299 e. The molecule has 1 fully saturated rings. The lowest BCUT2D eigenvalue weighted by Gasteiger charge is -2.20. The number of hydrogen-bond donors (Lipinski definition) is 0. The van der Waals surface area contributed by atoms with Crippen LogP contribution in [0, 0.1) is 5.82 Å². The third-order valence-corrected chi connectivity index (χ3v) is 4.64. The highest BCUT2D eigenvalue weighted by Crippen LogP contribution is 2.24. The lowest BCUT2D eigenvalue weighted by molar-refractivity contribution is 0.277. The van der Waals surface area contributed by atoms with Crippen LogP contribution in [0.2, 0.25) is 0 Å². The van der Waals surface area contributed by atoms with E-state index in [0.29, 0.717) is 0 Å². The van der Waals surface area contributed by atoms with Gasteiger partial charge in [-0.05, 0) is 60.1 Å². The second-order valence-electron chi connectivity index (χ2n) is 6.40. The van der Waals surface area contributed by atoms with Crippen molar-refractivity contribution in [2.24, 2.45) is 0 Å². The first-order chi connectivity index (χ1) is 11.8. The van der Waals surface area contributed by atoms with Gasteiger partial charge in [-0.25, -0.2) is 4.39 Å². The number of rotatable bonds is 3. The van der Waals surface area contributed by atoms with E-state index in [2.05, 4.69) is 26.5 Å². The van der Waals surface area contributed by atoms with Crippen molar-refractivity contribution in [1.29, 1.82) is 0 Å². The van der Waals surface area contributed by atoms with Crippen LogP contribution in [0.5, 0.6) is 0 Å². The van der Waals surface area contributed by atoms with E-state index in [1.165, 1.54) is 37.8 Å². The van der Waals surface area contributed by atoms with Crippen molar-refractivity contribution in [2.45, 2.75) is 32.2 Å². The minimum Gasteiger partial charge on any atom is -0.299 e. The van der Waals surface area contributed by atoms with Crippen LogP contribution in [-0.2, 0) is 6.54 Å². The van der Waals surface area contributed by atoms with Gasteiger partial charge in [0, 0.05) is 23.9 Å². The minimum atomic E-state index is -0.230. The van der Waals surface area contributed by atoms with Gasteiger partial charge in [-0.1, -0.05) is 25.0 Å². The van der Waals surface area contributed by atoms with E-state index in [0.717, 1.165) is 42.0 Å². The Morgan fingerprint density at radius 3 is 2.46 bits per heavy atom. The van der Waals surface area contributed by atoms with Crippen molar-refractivity contribution in [2.75, 3.05) is 13.1 Å². The third-order valence-electron chi connectivity index (χ3n) is 4.64. The molecular formula is C18H20FN5. The highest BCUT2D eigenvalue weighted by molar-refractivity contribution is 5.66. The zero-order chi connectivity index (χ0) is 16.4. The fraction of sp³-hybridized carbons (Fsp3) is 0.389. The maximum Gasteiger partial charge on any atom is 0.183 e. The number of hydrogen-bond acceptors (Lipinski definition) is 4. The number of pyridine rings is 1. The Bertz CT molecular complexity index is 819. The highest BCUT2D eigenvalue weighted by Gasteiger charge is 2.14. The number of tetrazole rings is 1. The average molecular weight is 325 g/mol. The van der Waals surface area contributed by atoms with E-state index in [4.69, 9.17) is 0 Å². The molecule has 1 saturated heterocycles.